The third kappa shape index (κ3) is 5.22. The average molecular weight is 437 g/mol. The van der Waals surface area contributed by atoms with Crippen molar-refractivity contribution in [2.75, 3.05) is 39.4 Å². The molecular weight excluding hydrogens is 404 g/mol. The van der Waals surface area contributed by atoms with Crippen LogP contribution in [-0.4, -0.2) is 74.6 Å². The highest BCUT2D eigenvalue weighted by molar-refractivity contribution is 7.88. The molecule has 3 aliphatic heterocycles. The Balaban J connectivity index is 1.28. The van der Waals surface area contributed by atoms with Gasteiger partial charge in [0.15, 0.2) is 0 Å². The topological polar surface area (TPSA) is 76.1 Å². The Labute approximate surface area is 179 Å². The summed E-state index contributed by atoms with van der Waals surface area (Å²) >= 11 is 0. The van der Waals surface area contributed by atoms with E-state index in [9.17, 15) is 13.2 Å². The van der Waals surface area contributed by atoms with Gasteiger partial charge < -0.3 is 14.4 Å². The number of carbonyl (C=O) groups is 1. The molecule has 3 aliphatic rings. The summed E-state index contributed by atoms with van der Waals surface area (Å²) in [4.78, 5) is 14.1. The Kier molecular flexibility index (Phi) is 6.77. The van der Waals surface area contributed by atoms with Crippen LogP contribution in [0.1, 0.15) is 44.1 Å². The lowest BCUT2D eigenvalue weighted by atomic mass is 9.84. The van der Waals surface area contributed by atoms with Gasteiger partial charge in [-0.15, -0.1) is 0 Å². The maximum absolute atomic E-state index is 12.8. The van der Waals surface area contributed by atoms with Gasteiger partial charge in [0.25, 0.3) is 0 Å². The van der Waals surface area contributed by atoms with Crippen LogP contribution in [0, 0.1) is 0 Å². The summed E-state index contributed by atoms with van der Waals surface area (Å²) in [5.41, 5.74) is 0.473. The van der Waals surface area contributed by atoms with Crippen molar-refractivity contribution in [2.24, 2.45) is 0 Å². The monoisotopic (exact) mass is 436 g/mol. The summed E-state index contributed by atoms with van der Waals surface area (Å²) in [6.45, 7) is 3.35. The molecule has 1 aromatic rings. The minimum atomic E-state index is -3.34. The highest BCUT2D eigenvalue weighted by atomic mass is 32.2. The molecular formula is C22H32N2O5S. The van der Waals surface area contributed by atoms with E-state index in [1.54, 1.807) is 4.31 Å². The first-order valence-corrected chi connectivity index (χ1v) is 12.6. The van der Waals surface area contributed by atoms with Crippen LogP contribution in [0.25, 0.3) is 0 Å². The molecule has 7 nitrogen and oxygen atoms in total. The molecule has 0 saturated carbocycles. The minimum Gasteiger partial charge on any atom is -0.375 e. The van der Waals surface area contributed by atoms with Gasteiger partial charge in [-0.2, -0.15) is 0 Å². The molecule has 166 valence electrons. The molecule has 0 N–H and O–H groups in total. The second kappa shape index (κ2) is 9.34. The fourth-order valence-corrected chi connectivity index (χ4v) is 6.30. The van der Waals surface area contributed by atoms with Crippen molar-refractivity contribution in [3.8, 4) is 0 Å². The quantitative estimate of drug-likeness (QED) is 0.683. The second-order valence-corrected chi connectivity index (χ2v) is 10.7. The molecule has 0 aliphatic carbocycles. The molecule has 30 heavy (non-hydrogen) atoms. The van der Waals surface area contributed by atoms with Gasteiger partial charge in [-0.25, -0.2) is 12.7 Å². The Morgan fingerprint density at radius 1 is 1.10 bits per heavy atom. The number of carbonyl (C=O) groups excluding carboxylic acids is 1. The van der Waals surface area contributed by atoms with Crippen LogP contribution >= 0.6 is 0 Å². The lowest BCUT2D eigenvalue weighted by molar-refractivity contribution is -0.160. The molecule has 1 amide bonds. The zero-order chi connectivity index (χ0) is 21.0. The fraction of sp³-hybridized carbons (Fsp3) is 0.682. The first-order chi connectivity index (χ1) is 14.5. The van der Waals surface area contributed by atoms with Gasteiger partial charge in [0, 0.05) is 39.2 Å². The molecule has 1 unspecified atom stereocenters. The number of piperidine rings is 1. The van der Waals surface area contributed by atoms with Crippen LogP contribution in [0.3, 0.4) is 0 Å². The minimum absolute atomic E-state index is 0.00206. The van der Waals surface area contributed by atoms with Crippen LogP contribution in [0.15, 0.2) is 30.3 Å². The first kappa shape index (κ1) is 21.7. The summed E-state index contributed by atoms with van der Waals surface area (Å²) in [5, 5.41) is 0. The molecule has 3 saturated heterocycles. The van der Waals surface area contributed by atoms with Crippen LogP contribution in [0.2, 0.25) is 0 Å². The van der Waals surface area contributed by atoms with Crippen molar-refractivity contribution in [3.63, 3.8) is 0 Å². The van der Waals surface area contributed by atoms with Gasteiger partial charge in [-0.3, -0.25) is 4.79 Å². The van der Waals surface area contributed by atoms with E-state index in [-0.39, 0.29) is 30.0 Å². The zero-order valence-electron chi connectivity index (χ0n) is 17.5. The molecule has 1 aromatic carbocycles. The standard InChI is InChI=1S/C22H32N2O5S/c25-21(23-11-4-5-12-23)17-28-20-8-15-29-22(16-20)9-13-24(14-10-22)30(26,27)18-19-6-2-1-3-7-19/h1-3,6-7,20H,4-5,8-18H2. The number of likely N-dealkylation sites (tertiary alicyclic amines) is 1. The molecule has 1 spiro atoms. The number of hydrogen-bond acceptors (Lipinski definition) is 5. The average Bonchev–Trinajstić information content (AvgIpc) is 3.28. The van der Waals surface area contributed by atoms with Gasteiger partial charge in [-0.05, 0) is 37.7 Å². The molecule has 3 heterocycles. The number of amides is 1. The Hall–Kier alpha value is -1.48. The number of rotatable bonds is 6. The van der Waals surface area contributed by atoms with Crippen LogP contribution in [0.5, 0.6) is 0 Å². The van der Waals surface area contributed by atoms with E-state index in [0.29, 0.717) is 32.5 Å². The van der Waals surface area contributed by atoms with Crippen LogP contribution < -0.4 is 0 Å². The number of hydrogen-bond donors (Lipinski definition) is 0. The van der Waals surface area contributed by atoms with E-state index < -0.39 is 10.0 Å². The van der Waals surface area contributed by atoms with E-state index in [0.717, 1.165) is 44.3 Å². The molecule has 4 rings (SSSR count). The van der Waals surface area contributed by atoms with Crippen molar-refractivity contribution in [1.29, 1.82) is 0 Å². The molecule has 0 bridgehead atoms. The first-order valence-electron chi connectivity index (χ1n) is 11.0. The molecule has 8 heteroatoms. The van der Waals surface area contributed by atoms with E-state index >= 15 is 0 Å². The second-order valence-electron chi connectivity index (χ2n) is 8.69. The maximum Gasteiger partial charge on any atom is 0.248 e. The zero-order valence-corrected chi connectivity index (χ0v) is 18.3. The fourth-order valence-electron chi connectivity index (χ4n) is 4.77. The van der Waals surface area contributed by atoms with Crippen LogP contribution in [-0.2, 0) is 30.0 Å². The van der Waals surface area contributed by atoms with Gasteiger partial charge in [-0.1, -0.05) is 30.3 Å². The smallest absolute Gasteiger partial charge is 0.248 e. The summed E-state index contributed by atoms with van der Waals surface area (Å²) < 4.78 is 39.3. The van der Waals surface area contributed by atoms with Gasteiger partial charge in [0.05, 0.1) is 17.5 Å². The molecule has 3 fully saturated rings. The van der Waals surface area contributed by atoms with Crippen molar-refractivity contribution >= 4 is 15.9 Å². The van der Waals surface area contributed by atoms with Crippen molar-refractivity contribution in [3.05, 3.63) is 35.9 Å². The van der Waals surface area contributed by atoms with Gasteiger partial charge in [0.2, 0.25) is 15.9 Å². The number of sulfonamides is 1. The summed E-state index contributed by atoms with van der Waals surface area (Å²) in [6, 6.07) is 9.30. The molecule has 0 radical (unpaired) electrons. The summed E-state index contributed by atoms with van der Waals surface area (Å²) in [6.07, 6.45) is 5.00. The van der Waals surface area contributed by atoms with Crippen LogP contribution in [0.4, 0.5) is 0 Å². The SMILES string of the molecule is O=C(COC1CCOC2(CCN(S(=O)(=O)Cc3ccccc3)CC2)C1)N1CCCC1. The normalized spacial score (nSPS) is 24.9. The highest BCUT2D eigenvalue weighted by Gasteiger charge is 2.43. The van der Waals surface area contributed by atoms with Crippen molar-refractivity contribution in [1.82, 2.24) is 9.21 Å². The van der Waals surface area contributed by atoms with E-state index in [1.165, 1.54) is 0 Å². The number of ether oxygens (including phenoxy) is 2. The van der Waals surface area contributed by atoms with E-state index in [1.807, 2.05) is 35.2 Å². The number of nitrogens with zero attached hydrogens (tertiary/aromatic N) is 2. The summed E-state index contributed by atoms with van der Waals surface area (Å²) in [5.74, 6) is 0.112. The number of benzene rings is 1. The van der Waals surface area contributed by atoms with Crippen molar-refractivity contribution < 1.29 is 22.7 Å². The highest BCUT2D eigenvalue weighted by Crippen LogP contribution is 2.37. The predicted octanol–water partition coefficient (Wildman–Crippen LogP) is 2.17. The summed E-state index contributed by atoms with van der Waals surface area (Å²) in [7, 11) is -3.34. The third-order valence-electron chi connectivity index (χ3n) is 6.57. The maximum atomic E-state index is 12.8. The Bertz CT molecular complexity index is 815. The molecule has 0 aromatic heterocycles. The predicted molar refractivity (Wildman–Crippen MR) is 113 cm³/mol. The Morgan fingerprint density at radius 3 is 2.50 bits per heavy atom. The lowest BCUT2D eigenvalue weighted by Crippen LogP contribution is -2.52. The third-order valence-corrected chi connectivity index (χ3v) is 8.42. The van der Waals surface area contributed by atoms with Gasteiger partial charge in [0.1, 0.15) is 6.61 Å². The van der Waals surface area contributed by atoms with E-state index in [4.69, 9.17) is 9.47 Å². The van der Waals surface area contributed by atoms with Crippen molar-refractivity contribution in [2.45, 2.75) is 56.0 Å². The lowest BCUT2D eigenvalue weighted by Gasteiger charge is -2.45. The largest absolute Gasteiger partial charge is 0.375 e. The van der Waals surface area contributed by atoms with E-state index in [2.05, 4.69) is 0 Å². The molecule has 1 atom stereocenters. The van der Waals surface area contributed by atoms with Gasteiger partial charge >= 0.3 is 0 Å². The Morgan fingerprint density at radius 2 is 1.80 bits per heavy atom.